The van der Waals surface area contributed by atoms with Gasteiger partial charge in [0.05, 0.1) is 4.88 Å². The Morgan fingerprint density at radius 3 is 2.60 bits per heavy atom. The number of carboxylic acids is 1. The Labute approximate surface area is 118 Å². The molecule has 0 spiro atoms. The highest BCUT2D eigenvalue weighted by Crippen LogP contribution is 2.44. The van der Waals surface area contributed by atoms with Gasteiger partial charge in [0.25, 0.3) is 10.0 Å². The van der Waals surface area contributed by atoms with Crippen LogP contribution in [-0.4, -0.2) is 36.0 Å². The average Bonchev–Trinajstić information content (AvgIpc) is 2.77. The molecule has 2 N–H and O–H groups in total. The lowest BCUT2D eigenvalue weighted by Crippen LogP contribution is -2.34. The minimum Gasteiger partial charge on any atom is -0.504 e. The molecule has 0 amide bonds. The number of benzene rings is 1. The predicted molar refractivity (Wildman–Crippen MR) is 74.0 cm³/mol. The zero-order valence-electron chi connectivity index (χ0n) is 10.2. The molecule has 0 atom stereocenters. The third-order valence-electron chi connectivity index (χ3n) is 3.13. The molecule has 3 rings (SSSR count). The minimum atomic E-state index is -3.99. The van der Waals surface area contributed by atoms with Crippen LogP contribution in [0.3, 0.4) is 0 Å². The van der Waals surface area contributed by atoms with Crippen molar-refractivity contribution in [3.63, 3.8) is 0 Å². The standard InChI is InChI=1S/C12H9NO5S2/c1-13-8(12(15)16)9(14)10-11(20(13,17)18)6-4-2-3-5-7(6)19-10/h2-5,14H,1H3,(H,15,16). The summed E-state index contributed by atoms with van der Waals surface area (Å²) in [6.07, 6.45) is 0. The molecular formula is C12H9NO5S2. The summed E-state index contributed by atoms with van der Waals surface area (Å²) in [6.45, 7) is 0. The van der Waals surface area contributed by atoms with Crippen molar-refractivity contribution in [1.82, 2.24) is 4.31 Å². The van der Waals surface area contributed by atoms with Crippen LogP contribution in [0.15, 0.2) is 34.9 Å². The van der Waals surface area contributed by atoms with Gasteiger partial charge in [-0.05, 0) is 6.07 Å². The maximum absolute atomic E-state index is 12.5. The van der Waals surface area contributed by atoms with Crippen molar-refractivity contribution < 1.29 is 23.4 Å². The van der Waals surface area contributed by atoms with Gasteiger partial charge in [-0.3, -0.25) is 4.31 Å². The number of sulfonamides is 1. The van der Waals surface area contributed by atoms with Crippen molar-refractivity contribution in [3.8, 4) is 0 Å². The SMILES string of the molecule is CN1C(C(=O)O)=C(O)c2sc3ccccc3c2S1(=O)=O. The number of aliphatic carboxylic acids is 1. The second-order valence-electron chi connectivity index (χ2n) is 4.23. The number of aliphatic hydroxyl groups excluding tert-OH is 1. The summed E-state index contributed by atoms with van der Waals surface area (Å²) in [5, 5.41) is 19.7. The fraction of sp³-hybridized carbons (Fsp3) is 0.0833. The van der Waals surface area contributed by atoms with Crippen LogP contribution in [0.5, 0.6) is 0 Å². The van der Waals surface area contributed by atoms with E-state index in [-0.39, 0.29) is 9.77 Å². The Morgan fingerprint density at radius 1 is 1.30 bits per heavy atom. The van der Waals surface area contributed by atoms with Crippen molar-refractivity contribution in [2.45, 2.75) is 4.90 Å². The molecule has 0 unspecified atom stereocenters. The highest BCUT2D eigenvalue weighted by Gasteiger charge is 2.40. The Balaban J connectivity index is 2.51. The molecule has 1 aromatic carbocycles. The number of aliphatic hydroxyl groups is 1. The van der Waals surface area contributed by atoms with Crippen LogP contribution in [-0.2, 0) is 14.8 Å². The summed E-state index contributed by atoms with van der Waals surface area (Å²) in [4.78, 5) is 11.2. The first kappa shape index (κ1) is 12.9. The number of fused-ring (bicyclic) bond motifs is 3. The fourth-order valence-corrected chi connectivity index (χ4v) is 5.20. The highest BCUT2D eigenvalue weighted by molar-refractivity contribution is 7.89. The summed E-state index contributed by atoms with van der Waals surface area (Å²) < 4.78 is 26.2. The first-order valence-electron chi connectivity index (χ1n) is 5.53. The topological polar surface area (TPSA) is 94.9 Å². The smallest absolute Gasteiger partial charge is 0.357 e. The zero-order chi connectivity index (χ0) is 14.7. The van der Waals surface area contributed by atoms with Gasteiger partial charge in [-0.15, -0.1) is 11.3 Å². The van der Waals surface area contributed by atoms with Crippen LogP contribution < -0.4 is 0 Å². The average molecular weight is 311 g/mol. The molecule has 1 aliphatic rings. The maximum atomic E-state index is 12.5. The highest BCUT2D eigenvalue weighted by atomic mass is 32.2. The number of hydrogen-bond donors (Lipinski definition) is 2. The van der Waals surface area contributed by atoms with Gasteiger partial charge in [-0.2, -0.15) is 0 Å². The molecule has 1 aliphatic heterocycles. The number of carbonyl (C=O) groups is 1. The Morgan fingerprint density at radius 2 is 1.95 bits per heavy atom. The van der Waals surface area contributed by atoms with Crippen molar-refractivity contribution in [1.29, 1.82) is 0 Å². The van der Waals surface area contributed by atoms with Gasteiger partial charge in [-0.1, -0.05) is 18.2 Å². The van der Waals surface area contributed by atoms with Crippen LogP contribution in [0.1, 0.15) is 4.88 Å². The van der Waals surface area contributed by atoms with E-state index in [4.69, 9.17) is 5.11 Å². The molecule has 0 bridgehead atoms. The van der Waals surface area contributed by atoms with E-state index >= 15 is 0 Å². The molecule has 2 aromatic rings. The van der Waals surface area contributed by atoms with Crippen molar-refractivity contribution in [3.05, 3.63) is 34.8 Å². The minimum absolute atomic E-state index is 0.0388. The van der Waals surface area contributed by atoms with Crippen LogP contribution in [0.4, 0.5) is 0 Å². The van der Waals surface area contributed by atoms with Crippen molar-refractivity contribution in [2.24, 2.45) is 0 Å². The predicted octanol–water partition coefficient (Wildman–Crippen LogP) is 1.85. The largest absolute Gasteiger partial charge is 0.504 e. The van der Waals surface area contributed by atoms with Gasteiger partial charge in [-0.25, -0.2) is 13.2 Å². The molecule has 0 fully saturated rings. The van der Waals surface area contributed by atoms with Gasteiger partial charge < -0.3 is 10.2 Å². The number of carboxylic acid groups (broad SMARTS) is 1. The molecule has 0 aliphatic carbocycles. The number of hydrogen-bond acceptors (Lipinski definition) is 5. The molecular weight excluding hydrogens is 302 g/mol. The van der Waals surface area contributed by atoms with Crippen LogP contribution in [0, 0.1) is 0 Å². The van der Waals surface area contributed by atoms with Gasteiger partial charge in [0.15, 0.2) is 11.5 Å². The lowest BCUT2D eigenvalue weighted by Gasteiger charge is -2.25. The molecule has 2 heterocycles. The van der Waals surface area contributed by atoms with Crippen molar-refractivity contribution in [2.75, 3.05) is 7.05 Å². The quantitative estimate of drug-likeness (QED) is 0.838. The lowest BCUT2D eigenvalue weighted by molar-refractivity contribution is -0.133. The monoisotopic (exact) mass is 311 g/mol. The molecule has 104 valence electrons. The van der Waals surface area contributed by atoms with Crippen LogP contribution in [0.2, 0.25) is 0 Å². The molecule has 1 aromatic heterocycles. The van der Waals surface area contributed by atoms with Gasteiger partial charge in [0.2, 0.25) is 0 Å². The molecule has 0 saturated heterocycles. The van der Waals surface area contributed by atoms with E-state index < -0.39 is 27.4 Å². The van der Waals surface area contributed by atoms with E-state index in [1.54, 1.807) is 24.3 Å². The molecule has 20 heavy (non-hydrogen) atoms. The van der Waals surface area contributed by atoms with Crippen molar-refractivity contribution >= 4 is 43.2 Å². The summed E-state index contributed by atoms with van der Waals surface area (Å²) >= 11 is 1.06. The third-order valence-corrected chi connectivity index (χ3v) is 6.28. The van der Waals surface area contributed by atoms with Crippen LogP contribution >= 0.6 is 11.3 Å². The Kier molecular flexibility index (Phi) is 2.57. The fourth-order valence-electron chi connectivity index (χ4n) is 2.18. The van der Waals surface area contributed by atoms with E-state index in [9.17, 15) is 18.3 Å². The first-order valence-corrected chi connectivity index (χ1v) is 7.78. The second-order valence-corrected chi connectivity index (χ2v) is 7.19. The molecule has 0 radical (unpaired) electrons. The number of rotatable bonds is 1. The van der Waals surface area contributed by atoms with Crippen LogP contribution in [0.25, 0.3) is 15.8 Å². The summed E-state index contributed by atoms with van der Waals surface area (Å²) in [6, 6.07) is 6.80. The summed E-state index contributed by atoms with van der Waals surface area (Å²) in [7, 11) is -2.87. The maximum Gasteiger partial charge on any atom is 0.357 e. The molecule has 6 nitrogen and oxygen atoms in total. The number of thiophene rings is 1. The third kappa shape index (κ3) is 1.49. The summed E-state index contributed by atoms with van der Waals surface area (Å²) in [5.74, 6) is -2.01. The first-order chi connectivity index (χ1) is 9.35. The second kappa shape index (κ2) is 3.97. The van der Waals surface area contributed by atoms with Gasteiger partial charge in [0, 0.05) is 17.1 Å². The molecule has 8 heteroatoms. The molecule has 0 saturated carbocycles. The normalized spacial score (nSPS) is 17.4. The Hall–Kier alpha value is -2.06. The van der Waals surface area contributed by atoms with E-state index in [2.05, 4.69) is 0 Å². The zero-order valence-corrected chi connectivity index (χ0v) is 11.8. The number of nitrogens with zero attached hydrogens (tertiary/aromatic N) is 1. The van der Waals surface area contributed by atoms with E-state index in [0.717, 1.165) is 18.4 Å². The van der Waals surface area contributed by atoms with Gasteiger partial charge >= 0.3 is 5.97 Å². The summed E-state index contributed by atoms with van der Waals surface area (Å²) in [5.41, 5.74) is -0.635. The number of likely N-dealkylation sites (N-methyl/N-ethyl adjacent to an activating group) is 1. The van der Waals surface area contributed by atoms with E-state index in [0.29, 0.717) is 14.4 Å². The lowest BCUT2D eigenvalue weighted by atomic mass is 10.2. The van der Waals surface area contributed by atoms with E-state index in [1.165, 1.54) is 0 Å². The Bertz CT molecular complexity index is 878. The van der Waals surface area contributed by atoms with E-state index in [1.807, 2.05) is 0 Å². The van der Waals surface area contributed by atoms with Gasteiger partial charge in [0.1, 0.15) is 4.90 Å².